The minimum Gasteiger partial charge on any atom is -0.494 e. The Morgan fingerprint density at radius 2 is 1.95 bits per heavy atom. The zero-order chi connectivity index (χ0) is 14.6. The molecule has 3 N–H and O–H groups in total. The summed E-state index contributed by atoms with van der Waals surface area (Å²) < 4.78 is 5.79. The van der Waals surface area contributed by atoms with Gasteiger partial charge in [0.15, 0.2) is 0 Å². The molecule has 2 atom stereocenters. The summed E-state index contributed by atoms with van der Waals surface area (Å²) in [6, 6.07) is 9.81. The molecule has 0 aliphatic heterocycles. The summed E-state index contributed by atoms with van der Waals surface area (Å²) in [4.78, 5) is 0. The van der Waals surface area contributed by atoms with E-state index in [-0.39, 0.29) is 16.9 Å². The molecule has 3 nitrogen and oxygen atoms in total. The van der Waals surface area contributed by atoms with Crippen LogP contribution in [0.1, 0.15) is 39.5 Å². The van der Waals surface area contributed by atoms with Gasteiger partial charge < -0.3 is 15.6 Å². The smallest absolute Gasteiger partial charge is 0.119 e. The molecule has 0 saturated heterocycles. The van der Waals surface area contributed by atoms with E-state index in [1.54, 1.807) is 0 Å². The number of hydrogen-bond acceptors (Lipinski definition) is 3. The summed E-state index contributed by atoms with van der Waals surface area (Å²) in [5.74, 6) is 0.879. The van der Waals surface area contributed by atoms with Crippen LogP contribution in [0.25, 0.3) is 0 Å². The first kappa shape index (κ1) is 15.3. The van der Waals surface area contributed by atoms with Gasteiger partial charge in [0.2, 0.25) is 0 Å². The quantitative estimate of drug-likeness (QED) is 0.870. The van der Waals surface area contributed by atoms with Gasteiger partial charge in [0.1, 0.15) is 5.75 Å². The van der Waals surface area contributed by atoms with Crippen molar-refractivity contribution in [2.75, 3.05) is 13.2 Å². The molecule has 3 heteroatoms. The number of aliphatic hydroxyl groups is 1. The summed E-state index contributed by atoms with van der Waals surface area (Å²) in [6.07, 6.45) is 3.64. The predicted molar refractivity (Wildman–Crippen MR) is 81.7 cm³/mol. The van der Waals surface area contributed by atoms with Crippen LogP contribution in [0.2, 0.25) is 0 Å². The second kappa shape index (κ2) is 6.15. The second-order valence-electron chi connectivity index (χ2n) is 6.72. The van der Waals surface area contributed by atoms with Gasteiger partial charge in [-0.25, -0.2) is 0 Å². The monoisotopic (exact) mass is 277 g/mol. The molecular weight excluding hydrogens is 250 g/mol. The third-order valence-electron chi connectivity index (χ3n) is 4.83. The first-order valence-corrected chi connectivity index (χ1v) is 7.56. The standard InChI is InChI=1S/C17H27NO2/c1-16(2)9-6-10-17(13-18,15(16)19)11-12-20-14-7-4-3-5-8-14/h3-5,7-8,15,19H,6,9-13,18H2,1-2H3. The number of ether oxygens (including phenoxy) is 1. The van der Waals surface area contributed by atoms with E-state index in [1.807, 2.05) is 30.3 Å². The van der Waals surface area contributed by atoms with Crippen LogP contribution in [-0.2, 0) is 0 Å². The number of rotatable bonds is 5. The van der Waals surface area contributed by atoms with Crippen LogP contribution >= 0.6 is 0 Å². The van der Waals surface area contributed by atoms with Crippen LogP contribution in [0, 0.1) is 10.8 Å². The van der Waals surface area contributed by atoms with Gasteiger partial charge in [-0.2, -0.15) is 0 Å². The van der Waals surface area contributed by atoms with Crippen LogP contribution in [0.3, 0.4) is 0 Å². The van der Waals surface area contributed by atoms with E-state index in [2.05, 4.69) is 13.8 Å². The maximum absolute atomic E-state index is 10.7. The third-order valence-corrected chi connectivity index (χ3v) is 4.83. The summed E-state index contributed by atoms with van der Waals surface area (Å²) in [6.45, 7) is 5.41. The number of nitrogens with two attached hydrogens (primary N) is 1. The van der Waals surface area contributed by atoms with Gasteiger partial charge in [-0.3, -0.25) is 0 Å². The normalized spacial score (nSPS) is 29.1. The Morgan fingerprint density at radius 3 is 2.60 bits per heavy atom. The average Bonchev–Trinajstić information content (AvgIpc) is 2.45. The van der Waals surface area contributed by atoms with E-state index in [1.165, 1.54) is 0 Å². The maximum Gasteiger partial charge on any atom is 0.119 e. The molecule has 0 heterocycles. The van der Waals surface area contributed by atoms with Crippen molar-refractivity contribution in [3.05, 3.63) is 30.3 Å². The van der Waals surface area contributed by atoms with Crippen LogP contribution in [0.4, 0.5) is 0 Å². The van der Waals surface area contributed by atoms with Gasteiger partial charge in [-0.15, -0.1) is 0 Å². The molecule has 1 aliphatic carbocycles. The highest BCUT2D eigenvalue weighted by molar-refractivity contribution is 5.20. The van der Waals surface area contributed by atoms with Crippen LogP contribution in [0.15, 0.2) is 30.3 Å². The first-order valence-electron chi connectivity index (χ1n) is 7.56. The van der Waals surface area contributed by atoms with E-state index in [4.69, 9.17) is 10.5 Å². The molecule has 1 fully saturated rings. The van der Waals surface area contributed by atoms with E-state index in [0.717, 1.165) is 31.4 Å². The molecule has 2 rings (SSSR count). The van der Waals surface area contributed by atoms with Crippen LogP contribution in [0.5, 0.6) is 5.75 Å². The second-order valence-corrected chi connectivity index (χ2v) is 6.72. The minimum absolute atomic E-state index is 0.0512. The molecule has 1 aromatic carbocycles. The molecule has 112 valence electrons. The zero-order valence-corrected chi connectivity index (χ0v) is 12.6. The van der Waals surface area contributed by atoms with Crippen molar-refractivity contribution in [3.8, 4) is 5.75 Å². The summed E-state index contributed by atoms with van der Waals surface area (Å²) in [5.41, 5.74) is 5.76. The largest absolute Gasteiger partial charge is 0.494 e. The Morgan fingerprint density at radius 1 is 1.25 bits per heavy atom. The van der Waals surface area contributed by atoms with E-state index >= 15 is 0 Å². The molecule has 0 amide bonds. The van der Waals surface area contributed by atoms with Gasteiger partial charge in [0.05, 0.1) is 12.7 Å². The average molecular weight is 277 g/mol. The lowest BCUT2D eigenvalue weighted by Crippen LogP contribution is -2.52. The summed E-state index contributed by atoms with van der Waals surface area (Å²) in [5, 5.41) is 10.7. The highest BCUT2D eigenvalue weighted by atomic mass is 16.5. The molecule has 0 bridgehead atoms. The lowest BCUT2D eigenvalue weighted by atomic mass is 9.60. The molecule has 1 saturated carbocycles. The predicted octanol–water partition coefficient (Wildman–Crippen LogP) is 2.97. The topological polar surface area (TPSA) is 55.5 Å². The molecule has 2 unspecified atom stereocenters. The van der Waals surface area contributed by atoms with Crippen molar-refractivity contribution in [2.24, 2.45) is 16.6 Å². The number of para-hydroxylation sites is 1. The lowest BCUT2D eigenvalue weighted by Gasteiger charge is -2.49. The van der Waals surface area contributed by atoms with Crippen LogP contribution in [-0.4, -0.2) is 24.4 Å². The number of aliphatic hydroxyl groups excluding tert-OH is 1. The first-order chi connectivity index (χ1) is 9.50. The molecule has 1 aromatic rings. The molecule has 20 heavy (non-hydrogen) atoms. The Bertz CT molecular complexity index is 418. The van der Waals surface area contributed by atoms with Crippen molar-refractivity contribution >= 4 is 0 Å². The highest BCUT2D eigenvalue weighted by Gasteiger charge is 2.47. The SMILES string of the molecule is CC1(C)CCCC(CN)(CCOc2ccccc2)C1O. The van der Waals surface area contributed by atoms with Crippen molar-refractivity contribution in [1.29, 1.82) is 0 Å². The Kier molecular flexibility index (Phi) is 4.71. The fraction of sp³-hybridized carbons (Fsp3) is 0.647. The van der Waals surface area contributed by atoms with Crippen molar-refractivity contribution in [2.45, 2.75) is 45.6 Å². The van der Waals surface area contributed by atoms with Crippen molar-refractivity contribution in [1.82, 2.24) is 0 Å². The van der Waals surface area contributed by atoms with E-state index in [0.29, 0.717) is 13.2 Å². The molecule has 0 radical (unpaired) electrons. The summed E-state index contributed by atoms with van der Waals surface area (Å²) >= 11 is 0. The Hall–Kier alpha value is -1.06. The zero-order valence-electron chi connectivity index (χ0n) is 12.6. The fourth-order valence-electron chi connectivity index (χ4n) is 3.46. The van der Waals surface area contributed by atoms with Crippen molar-refractivity contribution < 1.29 is 9.84 Å². The lowest BCUT2D eigenvalue weighted by molar-refractivity contribution is -0.0961. The Balaban J connectivity index is 1.97. The van der Waals surface area contributed by atoms with E-state index < -0.39 is 0 Å². The van der Waals surface area contributed by atoms with Gasteiger partial charge in [-0.05, 0) is 36.8 Å². The molecular formula is C17H27NO2. The third kappa shape index (κ3) is 3.15. The van der Waals surface area contributed by atoms with Gasteiger partial charge in [-0.1, -0.05) is 38.5 Å². The molecule has 0 aromatic heterocycles. The Labute approximate surface area is 122 Å². The van der Waals surface area contributed by atoms with Gasteiger partial charge >= 0.3 is 0 Å². The highest BCUT2D eigenvalue weighted by Crippen LogP contribution is 2.47. The maximum atomic E-state index is 10.7. The number of benzene rings is 1. The van der Waals surface area contributed by atoms with Crippen molar-refractivity contribution in [3.63, 3.8) is 0 Å². The minimum atomic E-state index is -0.354. The van der Waals surface area contributed by atoms with Crippen LogP contribution < -0.4 is 10.5 Å². The fourth-order valence-corrected chi connectivity index (χ4v) is 3.46. The van der Waals surface area contributed by atoms with Gasteiger partial charge in [0.25, 0.3) is 0 Å². The van der Waals surface area contributed by atoms with Gasteiger partial charge in [0, 0.05) is 12.0 Å². The molecule has 1 aliphatic rings. The van der Waals surface area contributed by atoms with E-state index in [9.17, 15) is 5.11 Å². The number of hydrogen-bond donors (Lipinski definition) is 2. The molecule has 0 spiro atoms. The summed E-state index contributed by atoms with van der Waals surface area (Å²) in [7, 11) is 0.